The lowest BCUT2D eigenvalue weighted by Crippen LogP contribution is -1.88. The molecular weight excluding hydrogens is 178 g/mol. The molecule has 1 heterocycles. The normalized spacial score (nSPS) is 8.75. The van der Waals surface area contributed by atoms with Crippen molar-refractivity contribution in [3.8, 4) is 5.75 Å². The molecule has 1 rings (SSSR count). The van der Waals surface area contributed by atoms with Crippen molar-refractivity contribution in [2.45, 2.75) is 0 Å². The highest BCUT2D eigenvalue weighted by Gasteiger charge is 2.07. The van der Waals surface area contributed by atoms with Crippen LogP contribution in [-0.4, -0.2) is 19.1 Å². The van der Waals surface area contributed by atoms with Gasteiger partial charge in [-0.2, -0.15) is 0 Å². The Kier molecular flexibility index (Phi) is 2.74. The molecule has 0 saturated heterocycles. The van der Waals surface area contributed by atoms with Crippen molar-refractivity contribution >= 4 is 23.3 Å². The summed E-state index contributed by atoms with van der Waals surface area (Å²) in [4.78, 5) is 23.9. The van der Waals surface area contributed by atoms with E-state index >= 15 is 0 Å². The lowest BCUT2D eigenvalue weighted by Gasteiger charge is -1.88. The maximum atomic E-state index is 10.9. The minimum Gasteiger partial charge on any atom is -0.496 e. The predicted octanol–water partition coefficient (Wildman–Crippen LogP) is 1.23. The average molecular weight is 183 g/mol. The molecule has 0 aliphatic rings. The van der Waals surface area contributed by atoms with Crippen LogP contribution in [0.2, 0.25) is 0 Å². The second kappa shape index (κ2) is 3.80. The van der Waals surface area contributed by atoms with Crippen LogP contribution in [0, 0.1) is 0 Å². The molecule has 0 aliphatic carbocycles. The molecule has 1 aromatic rings. The Hall–Kier alpha value is -1.45. The molecule has 0 fully saturated rings. The van der Waals surface area contributed by atoms with Crippen LogP contribution < -0.4 is 4.74 Å². The van der Waals surface area contributed by atoms with E-state index in [9.17, 15) is 9.59 Å². The SMILES string of the molecule is COc1csc(C(=O)N=C=O)c1. The third-order valence-corrected chi connectivity index (χ3v) is 2.07. The number of aliphatic imine (C=N–C) groups is 1. The van der Waals surface area contributed by atoms with E-state index in [4.69, 9.17) is 4.74 Å². The van der Waals surface area contributed by atoms with Gasteiger partial charge in [0.15, 0.2) is 0 Å². The van der Waals surface area contributed by atoms with Crippen LogP contribution in [0.1, 0.15) is 9.67 Å². The number of isocyanates is 1. The minimum absolute atomic E-state index is 0.371. The van der Waals surface area contributed by atoms with Gasteiger partial charge in [-0.15, -0.1) is 16.3 Å². The van der Waals surface area contributed by atoms with Crippen LogP contribution in [0.15, 0.2) is 16.4 Å². The summed E-state index contributed by atoms with van der Waals surface area (Å²) in [5.41, 5.74) is 0. The second-order valence-electron chi connectivity index (χ2n) is 1.86. The summed E-state index contributed by atoms with van der Waals surface area (Å²) in [6, 6.07) is 1.52. The summed E-state index contributed by atoms with van der Waals surface area (Å²) in [5.74, 6) is 0.00255. The number of carbonyl (C=O) groups is 1. The summed E-state index contributed by atoms with van der Waals surface area (Å²) in [6.45, 7) is 0. The highest BCUT2D eigenvalue weighted by Crippen LogP contribution is 2.21. The Morgan fingerprint density at radius 2 is 2.50 bits per heavy atom. The van der Waals surface area contributed by atoms with Crippen molar-refractivity contribution in [2.75, 3.05) is 7.11 Å². The monoisotopic (exact) mass is 183 g/mol. The van der Waals surface area contributed by atoms with Crippen LogP contribution in [0.3, 0.4) is 0 Å². The number of carbonyl (C=O) groups excluding carboxylic acids is 2. The molecular formula is C7H5NO3S. The van der Waals surface area contributed by atoms with Crippen LogP contribution in [0.5, 0.6) is 5.75 Å². The van der Waals surface area contributed by atoms with Gasteiger partial charge >= 0.3 is 0 Å². The lowest BCUT2D eigenvalue weighted by molar-refractivity contribution is 0.101. The van der Waals surface area contributed by atoms with Crippen LogP contribution in [0.25, 0.3) is 0 Å². The minimum atomic E-state index is -0.585. The number of nitrogens with zero attached hydrogens (tertiary/aromatic N) is 1. The van der Waals surface area contributed by atoms with Gasteiger partial charge in [-0.1, -0.05) is 0 Å². The molecule has 0 N–H and O–H groups in total. The largest absolute Gasteiger partial charge is 0.496 e. The van der Waals surface area contributed by atoms with E-state index in [-0.39, 0.29) is 0 Å². The van der Waals surface area contributed by atoms with E-state index in [2.05, 4.69) is 4.99 Å². The molecule has 1 aromatic heterocycles. The molecule has 5 heteroatoms. The molecule has 4 nitrogen and oxygen atoms in total. The number of amides is 1. The Morgan fingerprint density at radius 1 is 1.75 bits per heavy atom. The number of hydrogen-bond donors (Lipinski definition) is 0. The summed E-state index contributed by atoms with van der Waals surface area (Å²) >= 11 is 1.17. The summed E-state index contributed by atoms with van der Waals surface area (Å²) in [5, 5.41) is 1.66. The van der Waals surface area contributed by atoms with Crippen molar-refractivity contribution in [1.29, 1.82) is 0 Å². The zero-order valence-electron chi connectivity index (χ0n) is 6.23. The Labute approximate surface area is 72.5 Å². The second-order valence-corrected chi connectivity index (χ2v) is 2.77. The summed E-state index contributed by atoms with van der Waals surface area (Å²) in [7, 11) is 1.50. The lowest BCUT2D eigenvalue weighted by atomic mass is 10.4. The van der Waals surface area contributed by atoms with E-state index in [1.165, 1.54) is 30.6 Å². The Morgan fingerprint density at radius 3 is 3.00 bits per heavy atom. The molecule has 0 radical (unpaired) electrons. The van der Waals surface area contributed by atoms with E-state index < -0.39 is 5.91 Å². The highest BCUT2D eigenvalue weighted by atomic mass is 32.1. The number of ether oxygens (including phenoxy) is 1. The fraction of sp³-hybridized carbons (Fsp3) is 0.143. The molecule has 0 unspecified atom stereocenters. The van der Waals surface area contributed by atoms with Gasteiger partial charge in [0.05, 0.1) is 12.0 Å². The predicted molar refractivity (Wildman–Crippen MR) is 43.3 cm³/mol. The Balaban J connectivity index is 2.88. The molecule has 0 aliphatic heterocycles. The van der Waals surface area contributed by atoms with Gasteiger partial charge in [-0.3, -0.25) is 4.79 Å². The van der Waals surface area contributed by atoms with Gasteiger partial charge < -0.3 is 4.74 Å². The molecule has 0 bridgehead atoms. The molecule has 0 saturated carbocycles. The molecule has 0 atom stereocenters. The maximum absolute atomic E-state index is 10.9. The first-order valence-corrected chi connectivity index (χ1v) is 3.90. The molecule has 0 spiro atoms. The quantitative estimate of drug-likeness (QED) is 0.512. The number of thiophene rings is 1. The third-order valence-electron chi connectivity index (χ3n) is 1.17. The first-order chi connectivity index (χ1) is 5.77. The van der Waals surface area contributed by atoms with E-state index in [1.54, 1.807) is 5.38 Å². The maximum Gasteiger partial charge on any atom is 0.297 e. The topological polar surface area (TPSA) is 55.7 Å². The van der Waals surface area contributed by atoms with Crippen LogP contribution in [-0.2, 0) is 4.79 Å². The number of hydrogen-bond acceptors (Lipinski definition) is 4. The van der Waals surface area contributed by atoms with Gasteiger partial charge in [0.1, 0.15) is 5.75 Å². The van der Waals surface area contributed by atoms with Crippen molar-refractivity contribution in [3.63, 3.8) is 0 Å². The molecule has 0 aromatic carbocycles. The molecule has 12 heavy (non-hydrogen) atoms. The third kappa shape index (κ3) is 1.78. The first kappa shape index (κ1) is 8.64. The zero-order chi connectivity index (χ0) is 8.97. The van der Waals surface area contributed by atoms with Gasteiger partial charge in [0.2, 0.25) is 6.08 Å². The van der Waals surface area contributed by atoms with Crippen molar-refractivity contribution in [3.05, 3.63) is 16.3 Å². The van der Waals surface area contributed by atoms with Crippen LogP contribution >= 0.6 is 11.3 Å². The summed E-state index contributed by atoms with van der Waals surface area (Å²) < 4.78 is 4.84. The van der Waals surface area contributed by atoms with Crippen molar-refractivity contribution in [2.24, 2.45) is 4.99 Å². The van der Waals surface area contributed by atoms with E-state index in [1.807, 2.05) is 0 Å². The first-order valence-electron chi connectivity index (χ1n) is 3.02. The van der Waals surface area contributed by atoms with E-state index in [0.717, 1.165) is 0 Å². The number of rotatable bonds is 2. The van der Waals surface area contributed by atoms with Crippen molar-refractivity contribution in [1.82, 2.24) is 0 Å². The average Bonchev–Trinajstić information content (AvgIpc) is 2.52. The van der Waals surface area contributed by atoms with Crippen molar-refractivity contribution < 1.29 is 14.3 Å². The van der Waals surface area contributed by atoms with Gasteiger partial charge in [0.25, 0.3) is 5.91 Å². The fourth-order valence-electron chi connectivity index (χ4n) is 0.635. The van der Waals surface area contributed by atoms with Gasteiger partial charge in [-0.05, 0) is 0 Å². The van der Waals surface area contributed by atoms with Gasteiger partial charge in [-0.25, -0.2) is 4.79 Å². The number of methoxy groups -OCH3 is 1. The fourth-order valence-corrected chi connectivity index (χ4v) is 1.37. The standard InChI is InChI=1S/C7H5NO3S/c1-11-5-2-6(12-3-5)7(10)8-4-9/h2-3H,1H3. The van der Waals surface area contributed by atoms with Gasteiger partial charge in [0, 0.05) is 11.4 Å². The molecule has 1 amide bonds. The zero-order valence-corrected chi connectivity index (χ0v) is 7.05. The smallest absolute Gasteiger partial charge is 0.297 e. The Bertz CT molecular complexity index is 338. The van der Waals surface area contributed by atoms with E-state index in [0.29, 0.717) is 10.6 Å². The van der Waals surface area contributed by atoms with Crippen LogP contribution in [0.4, 0.5) is 0 Å². The molecule has 62 valence electrons. The highest BCUT2D eigenvalue weighted by molar-refractivity contribution is 7.12. The summed E-state index contributed by atoms with van der Waals surface area (Å²) in [6.07, 6.45) is 1.18.